The fourth-order valence-corrected chi connectivity index (χ4v) is 2.03. The zero-order valence-corrected chi connectivity index (χ0v) is 11.2. The van der Waals surface area contributed by atoms with Crippen LogP contribution in [0.4, 0.5) is 10.1 Å². The molecule has 19 heavy (non-hydrogen) atoms. The number of hydrogen-bond acceptors (Lipinski definition) is 1. The molecule has 0 saturated heterocycles. The molecule has 0 aliphatic rings. The first kappa shape index (κ1) is 13.6. The van der Waals surface area contributed by atoms with E-state index in [1.807, 2.05) is 25.1 Å². The van der Waals surface area contributed by atoms with Crippen LogP contribution in [-0.2, 0) is 6.42 Å². The third-order valence-electron chi connectivity index (χ3n) is 2.78. The summed E-state index contributed by atoms with van der Waals surface area (Å²) in [7, 11) is 0. The molecular weight excluding hydrogens is 265 g/mol. The molecule has 0 aliphatic carbocycles. The van der Waals surface area contributed by atoms with Gasteiger partial charge in [-0.05, 0) is 36.2 Å². The minimum absolute atomic E-state index is 0.101. The topological polar surface area (TPSA) is 29.1 Å². The number of aryl methyl sites for hydroxylation is 1. The van der Waals surface area contributed by atoms with Crippen molar-refractivity contribution in [1.29, 1.82) is 0 Å². The lowest BCUT2D eigenvalue weighted by Crippen LogP contribution is -2.14. The Balaban J connectivity index is 2.26. The molecule has 0 spiro atoms. The largest absolute Gasteiger partial charge is 0.322 e. The summed E-state index contributed by atoms with van der Waals surface area (Å²) in [6, 6.07) is 11.6. The number of amides is 1. The van der Waals surface area contributed by atoms with E-state index in [4.69, 9.17) is 11.6 Å². The van der Waals surface area contributed by atoms with Gasteiger partial charge < -0.3 is 5.32 Å². The van der Waals surface area contributed by atoms with Gasteiger partial charge in [0.1, 0.15) is 5.82 Å². The first-order chi connectivity index (χ1) is 9.11. The van der Waals surface area contributed by atoms with Crippen LogP contribution >= 0.6 is 11.6 Å². The number of halogens is 2. The van der Waals surface area contributed by atoms with E-state index in [1.165, 1.54) is 18.2 Å². The summed E-state index contributed by atoms with van der Waals surface area (Å²) in [6.45, 7) is 2.02. The van der Waals surface area contributed by atoms with E-state index in [0.717, 1.165) is 12.0 Å². The van der Waals surface area contributed by atoms with E-state index in [2.05, 4.69) is 5.32 Å². The Bertz CT molecular complexity index is 593. The molecule has 0 radical (unpaired) electrons. The van der Waals surface area contributed by atoms with E-state index in [-0.39, 0.29) is 10.6 Å². The number of anilines is 1. The second kappa shape index (κ2) is 5.85. The Labute approximate surface area is 116 Å². The van der Waals surface area contributed by atoms with Crippen molar-refractivity contribution in [1.82, 2.24) is 0 Å². The highest BCUT2D eigenvalue weighted by atomic mass is 35.5. The van der Waals surface area contributed by atoms with E-state index in [1.54, 1.807) is 6.07 Å². The molecule has 0 unspecified atom stereocenters. The summed E-state index contributed by atoms with van der Waals surface area (Å²) < 4.78 is 13.6. The van der Waals surface area contributed by atoms with Crippen LogP contribution in [0.3, 0.4) is 0 Å². The molecule has 2 aromatic rings. The smallest absolute Gasteiger partial charge is 0.260 e. The quantitative estimate of drug-likeness (QED) is 0.891. The van der Waals surface area contributed by atoms with Crippen molar-refractivity contribution in [2.24, 2.45) is 0 Å². The van der Waals surface area contributed by atoms with Crippen LogP contribution < -0.4 is 5.32 Å². The van der Waals surface area contributed by atoms with Gasteiger partial charge >= 0.3 is 0 Å². The molecule has 98 valence electrons. The molecule has 2 rings (SSSR count). The molecule has 2 nitrogen and oxygen atoms in total. The summed E-state index contributed by atoms with van der Waals surface area (Å²) in [5, 5.41) is 2.75. The molecule has 1 N–H and O–H groups in total. The average molecular weight is 278 g/mol. The van der Waals surface area contributed by atoms with Crippen molar-refractivity contribution < 1.29 is 9.18 Å². The van der Waals surface area contributed by atoms with Gasteiger partial charge in [-0.3, -0.25) is 4.79 Å². The minimum atomic E-state index is -0.628. The lowest BCUT2D eigenvalue weighted by Gasteiger charge is -2.08. The lowest BCUT2D eigenvalue weighted by atomic mass is 10.1. The van der Waals surface area contributed by atoms with Gasteiger partial charge in [0.15, 0.2) is 0 Å². The maximum absolute atomic E-state index is 13.6. The highest BCUT2D eigenvalue weighted by Gasteiger charge is 2.15. The molecule has 0 aliphatic heterocycles. The Morgan fingerprint density at radius 3 is 2.68 bits per heavy atom. The fourth-order valence-electron chi connectivity index (χ4n) is 1.78. The summed E-state index contributed by atoms with van der Waals surface area (Å²) in [6.07, 6.45) is 0.865. The molecule has 0 atom stereocenters. The summed E-state index contributed by atoms with van der Waals surface area (Å²) in [4.78, 5) is 12.0. The first-order valence-corrected chi connectivity index (χ1v) is 6.34. The predicted octanol–water partition coefficient (Wildman–Crippen LogP) is 4.29. The Kier molecular flexibility index (Phi) is 4.17. The van der Waals surface area contributed by atoms with Crippen molar-refractivity contribution in [2.75, 3.05) is 5.32 Å². The van der Waals surface area contributed by atoms with Crippen LogP contribution in [0.1, 0.15) is 22.8 Å². The van der Waals surface area contributed by atoms with E-state index >= 15 is 0 Å². The predicted molar refractivity (Wildman–Crippen MR) is 75.2 cm³/mol. The highest BCUT2D eigenvalue weighted by Crippen LogP contribution is 2.21. The second-order valence-electron chi connectivity index (χ2n) is 4.10. The SMILES string of the molecule is CCc1cccc(NC(=O)c2c(F)cccc2Cl)c1. The molecule has 0 bridgehead atoms. The highest BCUT2D eigenvalue weighted by molar-refractivity contribution is 6.34. The van der Waals surface area contributed by atoms with Gasteiger partial charge in [0.2, 0.25) is 0 Å². The number of hydrogen-bond donors (Lipinski definition) is 1. The van der Waals surface area contributed by atoms with Gasteiger partial charge in [-0.25, -0.2) is 4.39 Å². The van der Waals surface area contributed by atoms with Crippen molar-refractivity contribution in [3.63, 3.8) is 0 Å². The standard InChI is InChI=1S/C15H13ClFNO/c1-2-10-5-3-6-11(9-10)18-15(19)14-12(16)7-4-8-13(14)17/h3-9H,2H2,1H3,(H,18,19). The van der Waals surface area contributed by atoms with E-state index < -0.39 is 11.7 Å². The second-order valence-corrected chi connectivity index (χ2v) is 4.51. The number of benzene rings is 2. The molecular formula is C15H13ClFNO. The average Bonchev–Trinajstić information content (AvgIpc) is 2.38. The van der Waals surface area contributed by atoms with Crippen molar-refractivity contribution in [2.45, 2.75) is 13.3 Å². The monoisotopic (exact) mass is 277 g/mol. The van der Waals surface area contributed by atoms with E-state index in [9.17, 15) is 9.18 Å². The van der Waals surface area contributed by atoms with Crippen LogP contribution in [0, 0.1) is 5.82 Å². The summed E-state index contributed by atoms with van der Waals surface area (Å²) in [5.74, 6) is -1.17. The van der Waals surface area contributed by atoms with Crippen LogP contribution in [0.15, 0.2) is 42.5 Å². The molecule has 2 aromatic carbocycles. The van der Waals surface area contributed by atoms with Crippen LogP contribution in [-0.4, -0.2) is 5.91 Å². The Hall–Kier alpha value is -1.87. The third-order valence-corrected chi connectivity index (χ3v) is 3.10. The number of rotatable bonds is 3. The molecule has 4 heteroatoms. The van der Waals surface area contributed by atoms with Gasteiger partial charge in [-0.15, -0.1) is 0 Å². The van der Waals surface area contributed by atoms with Crippen molar-refractivity contribution in [3.05, 3.63) is 64.4 Å². The van der Waals surface area contributed by atoms with Gasteiger partial charge in [0.25, 0.3) is 5.91 Å². The number of carbonyl (C=O) groups excluding carboxylic acids is 1. The number of nitrogens with one attached hydrogen (secondary N) is 1. The maximum Gasteiger partial charge on any atom is 0.260 e. The lowest BCUT2D eigenvalue weighted by molar-refractivity contribution is 0.102. The number of carbonyl (C=O) groups is 1. The zero-order valence-electron chi connectivity index (χ0n) is 10.4. The van der Waals surface area contributed by atoms with Crippen LogP contribution in [0.5, 0.6) is 0 Å². The summed E-state index contributed by atoms with van der Waals surface area (Å²) in [5.41, 5.74) is 1.59. The zero-order chi connectivity index (χ0) is 13.8. The summed E-state index contributed by atoms with van der Waals surface area (Å²) >= 11 is 5.85. The van der Waals surface area contributed by atoms with Crippen molar-refractivity contribution >= 4 is 23.2 Å². The normalized spacial score (nSPS) is 10.3. The van der Waals surface area contributed by atoms with E-state index in [0.29, 0.717) is 5.69 Å². The molecule has 0 saturated carbocycles. The molecule has 0 aromatic heterocycles. The van der Waals surface area contributed by atoms with Gasteiger partial charge in [-0.1, -0.05) is 36.7 Å². The molecule has 0 fully saturated rings. The molecule has 1 amide bonds. The van der Waals surface area contributed by atoms with Crippen molar-refractivity contribution in [3.8, 4) is 0 Å². The fraction of sp³-hybridized carbons (Fsp3) is 0.133. The minimum Gasteiger partial charge on any atom is -0.322 e. The molecule has 0 heterocycles. The van der Waals surface area contributed by atoms with Gasteiger partial charge in [-0.2, -0.15) is 0 Å². The van der Waals surface area contributed by atoms with Gasteiger partial charge in [0, 0.05) is 5.69 Å². The van der Waals surface area contributed by atoms with Crippen LogP contribution in [0.2, 0.25) is 5.02 Å². The first-order valence-electron chi connectivity index (χ1n) is 5.96. The van der Waals surface area contributed by atoms with Gasteiger partial charge in [0.05, 0.1) is 10.6 Å². The Morgan fingerprint density at radius 1 is 1.26 bits per heavy atom. The Morgan fingerprint density at radius 2 is 2.00 bits per heavy atom. The maximum atomic E-state index is 13.6. The third kappa shape index (κ3) is 3.12. The van der Waals surface area contributed by atoms with Crippen LogP contribution in [0.25, 0.3) is 0 Å².